The number of non-ortho nitro benzene ring substituents is 1. The first-order valence-electron chi connectivity index (χ1n) is 8.59. The third-order valence-corrected chi connectivity index (χ3v) is 4.81. The van der Waals surface area contributed by atoms with Crippen molar-refractivity contribution in [2.24, 2.45) is 4.99 Å². The van der Waals surface area contributed by atoms with Crippen LogP contribution in [0.15, 0.2) is 59.6 Å². The van der Waals surface area contributed by atoms with Crippen LogP contribution in [0.25, 0.3) is 11.1 Å². The predicted molar refractivity (Wildman–Crippen MR) is 106 cm³/mol. The number of rotatable bonds is 3. The number of hydrogen-bond donors (Lipinski definition) is 0. The van der Waals surface area contributed by atoms with Crippen LogP contribution in [0.4, 0.5) is 17.1 Å². The zero-order valence-electron chi connectivity index (χ0n) is 15.2. The van der Waals surface area contributed by atoms with Gasteiger partial charge in [0, 0.05) is 17.2 Å². The number of benzene rings is 3. The van der Waals surface area contributed by atoms with Crippen LogP contribution in [0.3, 0.4) is 0 Å². The van der Waals surface area contributed by atoms with Gasteiger partial charge in [0.05, 0.1) is 32.9 Å². The Balaban J connectivity index is 2.10. The van der Waals surface area contributed by atoms with E-state index in [-0.39, 0.29) is 11.4 Å². The molecule has 0 unspecified atom stereocenters. The second kappa shape index (κ2) is 6.38. The van der Waals surface area contributed by atoms with E-state index in [4.69, 9.17) is 4.99 Å². The van der Waals surface area contributed by atoms with Gasteiger partial charge in [-0.1, -0.05) is 35.9 Å². The molecule has 7 heteroatoms. The molecule has 28 heavy (non-hydrogen) atoms. The van der Waals surface area contributed by atoms with Crippen LogP contribution in [0.2, 0.25) is 0 Å². The molecule has 0 amide bonds. The van der Waals surface area contributed by atoms with Crippen molar-refractivity contribution in [2.75, 3.05) is 0 Å². The van der Waals surface area contributed by atoms with Gasteiger partial charge in [0.15, 0.2) is 0 Å². The van der Waals surface area contributed by atoms with Crippen LogP contribution in [0, 0.1) is 34.1 Å². The van der Waals surface area contributed by atoms with Crippen molar-refractivity contribution in [3.8, 4) is 11.1 Å². The third-order valence-electron chi connectivity index (χ3n) is 4.81. The second-order valence-corrected chi connectivity index (χ2v) is 6.70. The van der Waals surface area contributed by atoms with Crippen LogP contribution in [0.5, 0.6) is 0 Å². The lowest BCUT2D eigenvalue weighted by Gasteiger charge is -2.05. The molecule has 0 aromatic heterocycles. The molecule has 0 heterocycles. The zero-order chi connectivity index (χ0) is 20.0. The summed E-state index contributed by atoms with van der Waals surface area (Å²) in [6.07, 6.45) is 0. The summed E-state index contributed by atoms with van der Waals surface area (Å²) in [6.45, 7) is 3.84. The van der Waals surface area contributed by atoms with Gasteiger partial charge in [-0.2, -0.15) is 0 Å². The summed E-state index contributed by atoms with van der Waals surface area (Å²) in [7, 11) is 0. The van der Waals surface area contributed by atoms with E-state index in [0.29, 0.717) is 28.1 Å². The van der Waals surface area contributed by atoms with Crippen molar-refractivity contribution >= 4 is 22.8 Å². The van der Waals surface area contributed by atoms with Crippen molar-refractivity contribution in [2.45, 2.75) is 13.8 Å². The molecule has 0 fully saturated rings. The fourth-order valence-electron chi connectivity index (χ4n) is 3.48. The molecule has 0 bridgehead atoms. The van der Waals surface area contributed by atoms with Crippen molar-refractivity contribution in [3.05, 3.63) is 97.1 Å². The Labute approximate surface area is 160 Å². The van der Waals surface area contributed by atoms with Crippen molar-refractivity contribution in [1.82, 2.24) is 0 Å². The standard InChI is InChI=1S/C21H15N3O4/c1-12-7-8-15-16(9-12)21(22-18-6-4-3-5-13(18)2)17-10-14(23(25)26)11-19(20(15)17)24(27)28/h3-11H,1-2H3. The second-order valence-electron chi connectivity index (χ2n) is 6.70. The normalized spacial score (nSPS) is 13.3. The van der Waals surface area contributed by atoms with E-state index < -0.39 is 9.85 Å². The van der Waals surface area contributed by atoms with Gasteiger partial charge < -0.3 is 0 Å². The van der Waals surface area contributed by atoms with Crippen LogP contribution in [-0.4, -0.2) is 15.6 Å². The SMILES string of the molecule is Cc1ccc2c(c1)C(=Nc1ccccc1C)c1cc([N+](=O)[O-])cc([N+](=O)[O-])c1-2. The topological polar surface area (TPSA) is 98.6 Å². The minimum atomic E-state index is -0.618. The highest BCUT2D eigenvalue weighted by Crippen LogP contribution is 2.45. The Morgan fingerprint density at radius 2 is 1.57 bits per heavy atom. The fourth-order valence-corrected chi connectivity index (χ4v) is 3.48. The Kier molecular flexibility index (Phi) is 4.00. The number of hydrogen-bond acceptors (Lipinski definition) is 5. The van der Waals surface area contributed by atoms with E-state index in [2.05, 4.69) is 0 Å². The van der Waals surface area contributed by atoms with Crippen molar-refractivity contribution < 1.29 is 9.85 Å². The number of fused-ring (bicyclic) bond motifs is 3. The van der Waals surface area contributed by atoms with Gasteiger partial charge in [0.25, 0.3) is 11.4 Å². The van der Waals surface area contributed by atoms with Crippen LogP contribution >= 0.6 is 0 Å². The molecule has 0 radical (unpaired) electrons. The molecule has 0 spiro atoms. The molecule has 0 saturated heterocycles. The Morgan fingerprint density at radius 1 is 0.821 bits per heavy atom. The predicted octanol–water partition coefficient (Wildman–Crippen LogP) is 5.27. The van der Waals surface area contributed by atoms with Crippen LogP contribution in [-0.2, 0) is 0 Å². The molecule has 4 rings (SSSR count). The van der Waals surface area contributed by atoms with E-state index in [1.165, 1.54) is 6.07 Å². The molecule has 0 saturated carbocycles. The minimum Gasteiger partial charge on any atom is -0.258 e. The average molecular weight is 373 g/mol. The molecular formula is C21H15N3O4. The van der Waals surface area contributed by atoms with Gasteiger partial charge >= 0.3 is 0 Å². The van der Waals surface area contributed by atoms with Gasteiger partial charge in [-0.15, -0.1) is 0 Å². The van der Waals surface area contributed by atoms with Gasteiger partial charge in [-0.25, -0.2) is 4.99 Å². The molecule has 7 nitrogen and oxygen atoms in total. The largest absolute Gasteiger partial charge is 0.284 e. The summed E-state index contributed by atoms with van der Waals surface area (Å²) in [5.74, 6) is 0. The number of nitro groups is 2. The van der Waals surface area contributed by atoms with Crippen molar-refractivity contribution in [3.63, 3.8) is 0 Å². The van der Waals surface area contributed by atoms with Crippen molar-refractivity contribution in [1.29, 1.82) is 0 Å². The average Bonchev–Trinajstić information content (AvgIpc) is 2.95. The lowest BCUT2D eigenvalue weighted by Crippen LogP contribution is -2.01. The molecule has 1 aliphatic carbocycles. The maximum absolute atomic E-state index is 11.7. The zero-order valence-corrected chi connectivity index (χ0v) is 15.2. The monoisotopic (exact) mass is 373 g/mol. The van der Waals surface area contributed by atoms with Gasteiger partial charge in [-0.05, 0) is 37.1 Å². The highest BCUT2D eigenvalue weighted by molar-refractivity contribution is 6.26. The van der Waals surface area contributed by atoms with Crippen LogP contribution in [0.1, 0.15) is 22.3 Å². The minimum absolute atomic E-state index is 0.288. The summed E-state index contributed by atoms with van der Waals surface area (Å²) in [4.78, 5) is 26.6. The summed E-state index contributed by atoms with van der Waals surface area (Å²) < 4.78 is 0. The Bertz CT molecular complexity index is 1200. The molecule has 1 aliphatic rings. The molecule has 138 valence electrons. The van der Waals surface area contributed by atoms with E-state index in [1.807, 2.05) is 56.3 Å². The molecule has 0 aliphatic heterocycles. The number of aryl methyl sites for hydroxylation is 2. The quantitative estimate of drug-likeness (QED) is 0.361. The van der Waals surface area contributed by atoms with Gasteiger partial charge in [-0.3, -0.25) is 20.2 Å². The van der Waals surface area contributed by atoms with E-state index >= 15 is 0 Å². The molecule has 0 atom stereocenters. The summed E-state index contributed by atoms with van der Waals surface area (Å²) in [6, 6.07) is 15.5. The third kappa shape index (κ3) is 2.73. The number of aliphatic imine (C=N–C) groups is 1. The van der Waals surface area contributed by atoms with E-state index in [0.717, 1.165) is 22.8 Å². The Morgan fingerprint density at radius 3 is 2.25 bits per heavy atom. The molecule has 3 aromatic carbocycles. The van der Waals surface area contributed by atoms with Gasteiger partial charge in [0.2, 0.25) is 0 Å². The summed E-state index contributed by atoms with van der Waals surface area (Å²) >= 11 is 0. The van der Waals surface area contributed by atoms with E-state index in [9.17, 15) is 20.2 Å². The molecule has 0 N–H and O–H groups in total. The highest BCUT2D eigenvalue weighted by atomic mass is 16.6. The number of nitrogens with zero attached hydrogens (tertiary/aromatic N) is 3. The van der Waals surface area contributed by atoms with Crippen LogP contribution < -0.4 is 0 Å². The lowest BCUT2D eigenvalue weighted by molar-refractivity contribution is -0.393. The fraction of sp³-hybridized carbons (Fsp3) is 0.0952. The first-order chi connectivity index (χ1) is 13.4. The molecular weight excluding hydrogens is 358 g/mol. The number of nitro benzene ring substituents is 2. The first kappa shape index (κ1) is 17.5. The first-order valence-corrected chi connectivity index (χ1v) is 8.59. The van der Waals surface area contributed by atoms with Gasteiger partial charge in [0.1, 0.15) is 0 Å². The maximum Gasteiger partial charge on any atom is 0.284 e. The summed E-state index contributed by atoms with van der Waals surface area (Å²) in [5, 5.41) is 23.0. The smallest absolute Gasteiger partial charge is 0.258 e. The molecule has 3 aromatic rings. The van der Waals surface area contributed by atoms with E-state index in [1.54, 1.807) is 0 Å². The Hall–Kier alpha value is -3.87. The summed E-state index contributed by atoms with van der Waals surface area (Å²) in [5.41, 5.74) is 4.70. The highest BCUT2D eigenvalue weighted by Gasteiger charge is 2.34. The number of para-hydroxylation sites is 1. The maximum atomic E-state index is 11.7. The lowest BCUT2D eigenvalue weighted by atomic mass is 10.0.